The molecule has 3 rings (SSSR count). The molecule has 0 saturated carbocycles. The first kappa shape index (κ1) is 21.0. The number of carbonyl (C=O) groups excluding carboxylic acids is 1. The quantitative estimate of drug-likeness (QED) is 0.579. The number of hydrogen-bond donors (Lipinski definition) is 1. The molecule has 1 heterocycles. The molecule has 1 amide bonds. The molecule has 152 valence electrons. The van der Waals surface area contributed by atoms with Crippen LogP contribution in [0.1, 0.15) is 34.2 Å². The predicted octanol–water partition coefficient (Wildman–Crippen LogP) is 3.47. The Hall–Kier alpha value is -2.77. The highest BCUT2D eigenvalue weighted by atomic mass is 32.1. The molecule has 6 nitrogen and oxygen atoms in total. The zero-order valence-electron chi connectivity index (χ0n) is 17.1. The maximum Gasteiger partial charge on any atom is 0.251 e. The van der Waals surface area contributed by atoms with E-state index < -0.39 is 0 Å². The molecule has 0 aliphatic rings. The van der Waals surface area contributed by atoms with Gasteiger partial charge in [-0.05, 0) is 49.4 Å². The maximum absolute atomic E-state index is 11.7. The lowest BCUT2D eigenvalue weighted by Gasteiger charge is -2.16. The van der Waals surface area contributed by atoms with Crippen molar-refractivity contribution in [3.05, 3.63) is 81.9 Å². The molecule has 7 heteroatoms. The molecule has 0 atom stereocenters. The second-order valence-corrected chi connectivity index (χ2v) is 7.40. The van der Waals surface area contributed by atoms with Crippen molar-refractivity contribution in [2.45, 2.75) is 33.1 Å². The number of rotatable bonds is 8. The summed E-state index contributed by atoms with van der Waals surface area (Å²) < 4.78 is 4.71. The van der Waals surface area contributed by atoms with Gasteiger partial charge in [0.15, 0.2) is 4.77 Å². The van der Waals surface area contributed by atoms with Crippen LogP contribution in [0.2, 0.25) is 0 Å². The fourth-order valence-electron chi connectivity index (χ4n) is 3.30. The Morgan fingerprint density at radius 1 is 1.10 bits per heavy atom. The molecule has 0 fully saturated rings. The summed E-state index contributed by atoms with van der Waals surface area (Å²) in [4.78, 5) is 13.8. The van der Waals surface area contributed by atoms with Gasteiger partial charge in [-0.25, -0.2) is 4.68 Å². The number of aromatic nitrogens is 3. The lowest BCUT2D eigenvalue weighted by molar-refractivity contribution is 0.0963. The Morgan fingerprint density at radius 2 is 1.79 bits per heavy atom. The van der Waals surface area contributed by atoms with Crippen molar-refractivity contribution in [1.82, 2.24) is 24.6 Å². The van der Waals surface area contributed by atoms with Gasteiger partial charge in [0.25, 0.3) is 5.91 Å². The molecule has 1 N–H and O–H groups in total. The molecule has 0 aliphatic heterocycles. The standard InChI is InChI=1S/C22H27N5OS/c1-4-26-20(14-17-8-6-5-7-9-17)24-27(22(26)29)16-25(3)15-18-10-12-19(13-11-18)21(28)23-2/h5-13H,4,14-16H2,1-3H3,(H,23,28). The summed E-state index contributed by atoms with van der Waals surface area (Å²) >= 11 is 5.66. The van der Waals surface area contributed by atoms with Crippen molar-refractivity contribution < 1.29 is 4.79 Å². The van der Waals surface area contributed by atoms with Gasteiger partial charge in [-0.2, -0.15) is 5.10 Å². The molecule has 0 aliphatic carbocycles. The Bertz CT molecular complexity index is 1010. The van der Waals surface area contributed by atoms with E-state index >= 15 is 0 Å². The van der Waals surface area contributed by atoms with Crippen LogP contribution in [0.3, 0.4) is 0 Å². The lowest BCUT2D eigenvalue weighted by atomic mass is 10.1. The van der Waals surface area contributed by atoms with E-state index in [1.165, 1.54) is 5.56 Å². The Morgan fingerprint density at radius 3 is 2.41 bits per heavy atom. The fraction of sp³-hybridized carbons (Fsp3) is 0.318. The van der Waals surface area contributed by atoms with Gasteiger partial charge < -0.3 is 9.88 Å². The van der Waals surface area contributed by atoms with E-state index in [-0.39, 0.29) is 5.91 Å². The van der Waals surface area contributed by atoms with Gasteiger partial charge in [0, 0.05) is 32.1 Å². The van der Waals surface area contributed by atoms with Crippen LogP contribution in [-0.4, -0.2) is 39.3 Å². The van der Waals surface area contributed by atoms with Crippen LogP contribution in [0, 0.1) is 4.77 Å². The number of amides is 1. The van der Waals surface area contributed by atoms with E-state index in [1.54, 1.807) is 7.05 Å². The highest BCUT2D eigenvalue weighted by Gasteiger charge is 2.12. The largest absolute Gasteiger partial charge is 0.355 e. The molecule has 3 aromatic rings. The van der Waals surface area contributed by atoms with Crippen molar-refractivity contribution in [2.24, 2.45) is 0 Å². The Balaban J connectivity index is 1.70. The zero-order valence-corrected chi connectivity index (χ0v) is 17.9. The number of hydrogen-bond acceptors (Lipinski definition) is 4. The third-order valence-electron chi connectivity index (χ3n) is 4.79. The highest BCUT2D eigenvalue weighted by Crippen LogP contribution is 2.11. The molecule has 2 aromatic carbocycles. The number of carbonyl (C=O) groups is 1. The van der Waals surface area contributed by atoms with Crippen LogP contribution in [0.5, 0.6) is 0 Å². The Kier molecular flexibility index (Phi) is 6.95. The van der Waals surface area contributed by atoms with Crippen LogP contribution in [0.25, 0.3) is 0 Å². The monoisotopic (exact) mass is 409 g/mol. The molecular formula is C22H27N5OS. The summed E-state index contributed by atoms with van der Waals surface area (Å²) in [5.74, 6) is 0.902. The van der Waals surface area contributed by atoms with E-state index in [2.05, 4.69) is 33.8 Å². The predicted molar refractivity (Wildman–Crippen MR) is 117 cm³/mol. The lowest BCUT2D eigenvalue weighted by Crippen LogP contribution is -2.23. The summed E-state index contributed by atoms with van der Waals surface area (Å²) in [6.07, 6.45) is 0.760. The molecule has 0 saturated heterocycles. The molecule has 0 unspecified atom stereocenters. The third kappa shape index (κ3) is 5.19. The topological polar surface area (TPSA) is 55.1 Å². The van der Waals surface area contributed by atoms with E-state index in [0.717, 1.165) is 35.7 Å². The minimum absolute atomic E-state index is 0.0766. The van der Waals surface area contributed by atoms with Gasteiger partial charge in [-0.15, -0.1) is 0 Å². The van der Waals surface area contributed by atoms with E-state index in [9.17, 15) is 4.79 Å². The van der Waals surface area contributed by atoms with Crippen LogP contribution in [0.4, 0.5) is 0 Å². The summed E-state index contributed by atoms with van der Waals surface area (Å²) in [6.45, 7) is 4.23. The molecule has 0 bridgehead atoms. The van der Waals surface area contributed by atoms with Crippen LogP contribution < -0.4 is 5.32 Å². The number of nitrogens with one attached hydrogen (secondary N) is 1. The molecule has 0 spiro atoms. The van der Waals surface area contributed by atoms with Gasteiger partial charge in [0.1, 0.15) is 5.82 Å². The number of nitrogens with zero attached hydrogens (tertiary/aromatic N) is 4. The SMILES string of the molecule is CCn1c(Cc2ccccc2)nn(CN(C)Cc2ccc(C(=O)NC)cc2)c1=S. The van der Waals surface area contributed by atoms with Crippen molar-refractivity contribution >= 4 is 18.1 Å². The van der Waals surface area contributed by atoms with Crippen LogP contribution in [0.15, 0.2) is 54.6 Å². The van der Waals surface area contributed by atoms with Crippen LogP contribution >= 0.6 is 12.2 Å². The zero-order chi connectivity index (χ0) is 20.8. The van der Waals surface area contributed by atoms with Crippen molar-refractivity contribution in [3.63, 3.8) is 0 Å². The second kappa shape index (κ2) is 9.62. The maximum atomic E-state index is 11.7. The Labute approximate surface area is 176 Å². The minimum Gasteiger partial charge on any atom is -0.355 e. The first-order valence-corrected chi connectivity index (χ1v) is 10.1. The summed E-state index contributed by atoms with van der Waals surface area (Å²) in [5.41, 5.74) is 3.01. The molecule has 1 aromatic heterocycles. The second-order valence-electron chi connectivity index (χ2n) is 7.04. The van der Waals surface area contributed by atoms with Crippen molar-refractivity contribution in [1.29, 1.82) is 0 Å². The van der Waals surface area contributed by atoms with Crippen molar-refractivity contribution in [2.75, 3.05) is 14.1 Å². The number of benzene rings is 2. The van der Waals surface area contributed by atoms with Gasteiger partial charge in [0.05, 0.1) is 6.67 Å². The molecular weight excluding hydrogens is 382 g/mol. The summed E-state index contributed by atoms with van der Waals surface area (Å²) in [5, 5.41) is 7.42. The average Bonchev–Trinajstić information content (AvgIpc) is 3.02. The fourth-order valence-corrected chi connectivity index (χ4v) is 3.63. The van der Waals surface area contributed by atoms with E-state index in [4.69, 9.17) is 17.3 Å². The van der Waals surface area contributed by atoms with Gasteiger partial charge in [0.2, 0.25) is 0 Å². The smallest absolute Gasteiger partial charge is 0.251 e. The highest BCUT2D eigenvalue weighted by molar-refractivity contribution is 7.71. The van der Waals surface area contributed by atoms with Gasteiger partial charge >= 0.3 is 0 Å². The van der Waals surface area contributed by atoms with Crippen molar-refractivity contribution in [3.8, 4) is 0 Å². The van der Waals surface area contributed by atoms with E-state index in [1.807, 2.05) is 54.2 Å². The normalized spacial score (nSPS) is 11.0. The third-order valence-corrected chi connectivity index (χ3v) is 5.22. The van der Waals surface area contributed by atoms with Crippen LogP contribution in [-0.2, 0) is 26.2 Å². The first-order chi connectivity index (χ1) is 14.0. The minimum atomic E-state index is -0.0766. The van der Waals surface area contributed by atoms with E-state index in [0.29, 0.717) is 12.2 Å². The molecule has 29 heavy (non-hydrogen) atoms. The first-order valence-electron chi connectivity index (χ1n) is 9.71. The summed E-state index contributed by atoms with van der Waals surface area (Å²) in [6, 6.07) is 18.0. The van der Waals surface area contributed by atoms with Gasteiger partial charge in [-0.1, -0.05) is 42.5 Å². The average molecular weight is 410 g/mol. The van der Waals surface area contributed by atoms with Gasteiger partial charge in [-0.3, -0.25) is 9.69 Å². The molecule has 0 radical (unpaired) electrons. The summed E-state index contributed by atoms with van der Waals surface area (Å²) in [7, 11) is 3.67.